The Morgan fingerprint density at radius 3 is 2.63 bits per heavy atom. The van der Waals surface area contributed by atoms with Gasteiger partial charge in [0.25, 0.3) is 0 Å². The van der Waals surface area contributed by atoms with Crippen LogP contribution in [0.4, 0.5) is 0 Å². The number of nitrogens with one attached hydrogen (secondary N) is 1. The molecule has 0 bridgehead atoms. The van der Waals surface area contributed by atoms with Gasteiger partial charge in [0.1, 0.15) is 0 Å². The molecule has 1 aliphatic heterocycles. The smallest absolute Gasteiger partial charge is 0.0705 e. The quantitative estimate of drug-likeness (QED) is 0.753. The third-order valence-corrected chi connectivity index (χ3v) is 5.68. The summed E-state index contributed by atoms with van der Waals surface area (Å²) >= 11 is 0. The lowest BCUT2D eigenvalue weighted by Gasteiger charge is -2.40. The molecule has 27 heavy (non-hydrogen) atoms. The number of nitrogens with zero attached hydrogens (tertiary/aromatic N) is 3. The Balaban J connectivity index is 1.54. The molecule has 3 aromatic rings. The van der Waals surface area contributed by atoms with Crippen molar-refractivity contribution >= 4 is 10.9 Å². The normalized spacial score (nSPS) is 16.7. The van der Waals surface area contributed by atoms with Gasteiger partial charge >= 0.3 is 0 Å². The van der Waals surface area contributed by atoms with Crippen LogP contribution in [-0.4, -0.2) is 41.5 Å². The van der Waals surface area contributed by atoms with Gasteiger partial charge in [0.05, 0.1) is 11.2 Å². The minimum atomic E-state index is 0.116. The Hall–Kier alpha value is -2.30. The Morgan fingerprint density at radius 1 is 1.04 bits per heavy atom. The van der Waals surface area contributed by atoms with Crippen LogP contribution >= 0.6 is 0 Å². The molecular formula is C23H28N4. The van der Waals surface area contributed by atoms with E-state index >= 15 is 0 Å². The van der Waals surface area contributed by atoms with Gasteiger partial charge in [-0.1, -0.05) is 30.3 Å². The van der Waals surface area contributed by atoms with Crippen molar-refractivity contribution in [2.45, 2.75) is 31.7 Å². The minimum absolute atomic E-state index is 0.116. The van der Waals surface area contributed by atoms with Crippen LogP contribution in [0.15, 0.2) is 54.7 Å². The maximum absolute atomic E-state index is 4.85. The van der Waals surface area contributed by atoms with Gasteiger partial charge in [-0.05, 0) is 63.7 Å². The second-order valence-electron chi connectivity index (χ2n) is 7.92. The summed E-state index contributed by atoms with van der Waals surface area (Å²) in [5, 5.41) is 4.70. The first-order valence-corrected chi connectivity index (χ1v) is 9.82. The molecule has 0 unspecified atom stereocenters. The number of rotatable bonds is 5. The van der Waals surface area contributed by atoms with Crippen molar-refractivity contribution in [1.29, 1.82) is 0 Å². The standard InChI is InChI=1S/C23H28N4/c1-18-7-10-22(25-15-18)23(11-13-24-14-12-23)17-27(2)16-20-9-8-19-5-3-4-6-21(19)26-20/h3-10,15,24H,11-14,16-17H2,1-2H3. The van der Waals surface area contributed by atoms with Crippen LogP contribution in [0.25, 0.3) is 10.9 Å². The maximum Gasteiger partial charge on any atom is 0.0705 e. The van der Waals surface area contributed by atoms with E-state index in [1.165, 1.54) is 16.6 Å². The van der Waals surface area contributed by atoms with Gasteiger partial charge in [0.15, 0.2) is 0 Å². The molecule has 1 saturated heterocycles. The lowest BCUT2D eigenvalue weighted by atomic mass is 9.75. The molecule has 1 aliphatic rings. The number of hydrogen-bond acceptors (Lipinski definition) is 4. The topological polar surface area (TPSA) is 41.1 Å². The van der Waals surface area contributed by atoms with E-state index < -0.39 is 0 Å². The van der Waals surface area contributed by atoms with Crippen LogP contribution in [0.5, 0.6) is 0 Å². The van der Waals surface area contributed by atoms with Crippen LogP contribution in [0.2, 0.25) is 0 Å². The van der Waals surface area contributed by atoms with Crippen LogP contribution in [-0.2, 0) is 12.0 Å². The summed E-state index contributed by atoms with van der Waals surface area (Å²) in [5.74, 6) is 0. The van der Waals surface area contributed by atoms with Crippen LogP contribution < -0.4 is 5.32 Å². The Labute approximate surface area is 161 Å². The van der Waals surface area contributed by atoms with Gasteiger partial charge in [-0.3, -0.25) is 14.9 Å². The highest BCUT2D eigenvalue weighted by molar-refractivity contribution is 5.78. The average molecular weight is 361 g/mol. The molecule has 4 heteroatoms. The van der Waals surface area contributed by atoms with E-state index in [4.69, 9.17) is 9.97 Å². The van der Waals surface area contributed by atoms with Gasteiger partial charge in [0, 0.05) is 35.8 Å². The van der Waals surface area contributed by atoms with E-state index in [0.29, 0.717) is 0 Å². The zero-order valence-electron chi connectivity index (χ0n) is 16.3. The number of aromatic nitrogens is 2. The maximum atomic E-state index is 4.85. The number of likely N-dealkylation sites (N-methyl/N-ethyl adjacent to an activating group) is 1. The third kappa shape index (κ3) is 4.02. The Bertz CT molecular complexity index is 898. The second kappa shape index (κ2) is 7.75. The first-order chi connectivity index (χ1) is 13.1. The van der Waals surface area contributed by atoms with E-state index in [0.717, 1.165) is 50.2 Å². The molecule has 4 rings (SSSR count). The number of piperidine rings is 1. The summed E-state index contributed by atoms with van der Waals surface area (Å²) in [6.45, 7) is 6.06. The zero-order chi connectivity index (χ0) is 18.7. The fourth-order valence-electron chi connectivity index (χ4n) is 4.23. The number of hydrogen-bond donors (Lipinski definition) is 1. The van der Waals surface area contributed by atoms with E-state index in [1.54, 1.807) is 0 Å². The van der Waals surface area contributed by atoms with Crippen LogP contribution in [0.1, 0.15) is 29.8 Å². The van der Waals surface area contributed by atoms with Crippen molar-refractivity contribution in [3.8, 4) is 0 Å². The SMILES string of the molecule is Cc1ccc(C2(CN(C)Cc3ccc4ccccc4n3)CCNCC2)nc1. The molecule has 0 atom stereocenters. The summed E-state index contributed by atoms with van der Waals surface area (Å²) in [4.78, 5) is 12.1. The number of benzene rings is 1. The highest BCUT2D eigenvalue weighted by Crippen LogP contribution is 2.33. The first-order valence-electron chi connectivity index (χ1n) is 9.82. The first kappa shape index (κ1) is 18.1. The van der Waals surface area contributed by atoms with Crippen molar-refractivity contribution in [2.75, 3.05) is 26.7 Å². The molecule has 1 aromatic carbocycles. The lowest BCUT2D eigenvalue weighted by Crippen LogP contribution is -2.47. The van der Waals surface area contributed by atoms with E-state index in [-0.39, 0.29) is 5.41 Å². The molecule has 2 aromatic heterocycles. The monoisotopic (exact) mass is 360 g/mol. The summed E-state index contributed by atoms with van der Waals surface area (Å²) in [6, 6.07) is 17.1. The Kier molecular flexibility index (Phi) is 5.19. The van der Waals surface area contributed by atoms with Gasteiger partial charge in [-0.2, -0.15) is 0 Å². The average Bonchev–Trinajstić information content (AvgIpc) is 2.69. The molecule has 1 N–H and O–H groups in total. The molecular weight excluding hydrogens is 332 g/mol. The molecule has 1 fully saturated rings. The van der Waals surface area contributed by atoms with Crippen molar-refractivity contribution in [3.63, 3.8) is 0 Å². The minimum Gasteiger partial charge on any atom is -0.317 e. The van der Waals surface area contributed by atoms with Gasteiger partial charge < -0.3 is 5.32 Å². The van der Waals surface area contributed by atoms with Crippen molar-refractivity contribution in [1.82, 2.24) is 20.2 Å². The third-order valence-electron chi connectivity index (χ3n) is 5.68. The zero-order valence-corrected chi connectivity index (χ0v) is 16.3. The van der Waals surface area contributed by atoms with Gasteiger partial charge in [-0.25, -0.2) is 0 Å². The van der Waals surface area contributed by atoms with Gasteiger partial charge in [0.2, 0.25) is 0 Å². The molecule has 0 spiro atoms. The van der Waals surface area contributed by atoms with Crippen LogP contribution in [0.3, 0.4) is 0 Å². The summed E-state index contributed by atoms with van der Waals surface area (Å²) < 4.78 is 0. The summed E-state index contributed by atoms with van der Waals surface area (Å²) in [6.07, 6.45) is 4.25. The molecule has 4 nitrogen and oxygen atoms in total. The highest BCUT2D eigenvalue weighted by Gasteiger charge is 2.36. The predicted octanol–water partition coefficient (Wildman–Crippen LogP) is 3.69. The summed E-state index contributed by atoms with van der Waals surface area (Å²) in [5.41, 5.74) is 4.76. The summed E-state index contributed by atoms with van der Waals surface area (Å²) in [7, 11) is 2.20. The van der Waals surface area contributed by atoms with E-state index in [1.807, 2.05) is 6.20 Å². The van der Waals surface area contributed by atoms with Gasteiger partial charge in [-0.15, -0.1) is 0 Å². The number of pyridine rings is 2. The Morgan fingerprint density at radius 2 is 1.85 bits per heavy atom. The predicted molar refractivity (Wildman–Crippen MR) is 111 cm³/mol. The molecule has 140 valence electrons. The second-order valence-corrected chi connectivity index (χ2v) is 7.92. The lowest BCUT2D eigenvalue weighted by molar-refractivity contribution is 0.190. The molecule has 0 aliphatic carbocycles. The molecule has 3 heterocycles. The van der Waals surface area contributed by atoms with Crippen LogP contribution in [0, 0.1) is 6.92 Å². The number of para-hydroxylation sites is 1. The van der Waals surface area contributed by atoms with E-state index in [2.05, 4.69) is 72.7 Å². The molecule has 0 radical (unpaired) electrons. The highest BCUT2D eigenvalue weighted by atomic mass is 15.1. The van der Waals surface area contributed by atoms with Crippen molar-refractivity contribution < 1.29 is 0 Å². The molecule has 0 saturated carbocycles. The number of aryl methyl sites for hydroxylation is 1. The largest absolute Gasteiger partial charge is 0.317 e. The van der Waals surface area contributed by atoms with E-state index in [9.17, 15) is 0 Å². The molecule has 0 amide bonds. The number of fused-ring (bicyclic) bond motifs is 1. The fraction of sp³-hybridized carbons (Fsp3) is 0.391. The van der Waals surface area contributed by atoms with Crippen molar-refractivity contribution in [3.05, 3.63) is 71.7 Å². The van der Waals surface area contributed by atoms with Crippen molar-refractivity contribution in [2.24, 2.45) is 0 Å². The fourth-order valence-corrected chi connectivity index (χ4v) is 4.23.